The van der Waals surface area contributed by atoms with Gasteiger partial charge in [-0.2, -0.15) is 0 Å². The summed E-state index contributed by atoms with van der Waals surface area (Å²) in [6.07, 6.45) is -0.102. The van der Waals surface area contributed by atoms with Crippen molar-refractivity contribution in [2.45, 2.75) is 12.5 Å². The van der Waals surface area contributed by atoms with E-state index in [1.54, 1.807) is 0 Å². The van der Waals surface area contributed by atoms with Crippen molar-refractivity contribution in [1.82, 2.24) is 0 Å². The Morgan fingerprint density at radius 3 is 2.57 bits per heavy atom. The first-order chi connectivity index (χ1) is 10.0. The zero-order valence-electron chi connectivity index (χ0n) is 11.9. The Morgan fingerprint density at radius 2 is 2.05 bits per heavy atom. The lowest BCUT2D eigenvalue weighted by Crippen LogP contribution is -2.31. The highest BCUT2D eigenvalue weighted by Crippen LogP contribution is 2.30. The van der Waals surface area contributed by atoms with Gasteiger partial charge in [0.05, 0.1) is 19.9 Å². The first-order valence-corrected chi connectivity index (χ1v) is 6.18. The molecule has 1 atom stereocenters. The van der Waals surface area contributed by atoms with E-state index in [4.69, 9.17) is 13.9 Å². The summed E-state index contributed by atoms with van der Waals surface area (Å²) < 4.78 is 19.4. The van der Waals surface area contributed by atoms with Gasteiger partial charge in [-0.25, -0.2) is 9.59 Å². The molecule has 1 saturated heterocycles. The molecule has 0 saturated carbocycles. The van der Waals surface area contributed by atoms with Crippen LogP contribution in [-0.4, -0.2) is 45.9 Å². The van der Waals surface area contributed by atoms with Crippen molar-refractivity contribution in [2.75, 3.05) is 32.8 Å². The topological polar surface area (TPSA) is 95.3 Å². The molecule has 0 radical (unpaired) electrons. The van der Waals surface area contributed by atoms with E-state index in [9.17, 15) is 14.4 Å². The summed E-state index contributed by atoms with van der Waals surface area (Å²) in [4.78, 5) is 36.9. The summed E-state index contributed by atoms with van der Waals surface area (Å²) in [5.41, 5.74) is -0.692. The van der Waals surface area contributed by atoms with Gasteiger partial charge in [-0.15, -0.1) is 0 Å². The summed E-state index contributed by atoms with van der Waals surface area (Å²) in [5.74, 6) is -1.57. The van der Waals surface area contributed by atoms with Crippen molar-refractivity contribution in [3.05, 3.63) is 22.2 Å². The summed E-state index contributed by atoms with van der Waals surface area (Å²) in [7, 11) is 3.87. The average Bonchev–Trinajstić information content (AvgIpc) is 2.86. The normalized spacial score (nSPS) is 18.0. The van der Waals surface area contributed by atoms with Crippen molar-refractivity contribution in [3.63, 3.8) is 0 Å². The number of rotatable bonds is 4. The molecule has 0 N–H and O–H groups in total. The third kappa shape index (κ3) is 2.62. The molecule has 0 bridgehead atoms. The number of carbonyl (C=O) groups is 2. The van der Waals surface area contributed by atoms with Crippen molar-refractivity contribution >= 4 is 17.6 Å². The Hall–Kier alpha value is -2.35. The number of hydrogen-bond acceptors (Lipinski definition) is 7. The third-order valence-electron chi connectivity index (χ3n) is 3.21. The Morgan fingerprint density at radius 1 is 1.33 bits per heavy atom. The molecule has 1 aromatic heterocycles. The molecule has 0 aliphatic carbocycles. The second kappa shape index (κ2) is 5.96. The number of carbonyl (C=O) groups excluding carboxylic acids is 2. The number of esters is 1. The van der Waals surface area contributed by atoms with Gasteiger partial charge in [-0.3, -0.25) is 4.79 Å². The molecule has 8 heteroatoms. The summed E-state index contributed by atoms with van der Waals surface area (Å²) in [5, 5.41) is 0. The molecule has 21 heavy (non-hydrogen) atoms. The monoisotopic (exact) mass is 297 g/mol. The van der Waals surface area contributed by atoms with Crippen molar-refractivity contribution in [3.8, 4) is 5.75 Å². The van der Waals surface area contributed by atoms with Gasteiger partial charge in [-0.1, -0.05) is 0 Å². The molecule has 2 rings (SSSR count). The minimum absolute atomic E-state index is 0.146. The molecule has 1 aromatic rings. The number of ether oxygens (including phenoxy) is 3. The molecule has 1 aliphatic heterocycles. The lowest BCUT2D eigenvalue weighted by Gasteiger charge is -2.18. The Labute approximate surface area is 120 Å². The number of methoxy groups -OCH3 is 3. The van der Waals surface area contributed by atoms with Gasteiger partial charge in [0.15, 0.2) is 0 Å². The maximum atomic E-state index is 12.2. The van der Waals surface area contributed by atoms with E-state index < -0.39 is 17.7 Å². The van der Waals surface area contributed by atoms with Crippen LogP contribution in [0.2, 0.25) is 0 Å². The molecular weight excluding hydrogens is 282 g/mol. The van der Waals surface area contributed by atoms with Gasteiger partial charge in [0.1, 0.15) is 6.10 Å². The van der Waals surface area contributed by atoms with Gasteiger partial charge in [0.2, 0.25) is 11.5 Å². The molecule has 114 valence electrons. The molecular formula is C13H15NO7. The van der Waals surface area contributed by atoms with Crippen LogP contribution in [0.4, 0.5) is 5.69 Å². The molecule has 8 nitrogen and oxygen atoms in total. The van der Waals surface area contributed by atoms with Crippen LogP contribution in [0, 0.1) is 0 Å². The van der Waals surface area contributed by atoms with Crippen molar-refractivity contribution < 1.29 is 28.2 Å². The first kappa shape index (κ1) is 15.0. The maximum absolute atomic E-state index is 12.2. The molecule has 0 unspecified atom stereocenters. The summed E-state index contributed by atoms with van der Waals surface area (Å²) >= 11 is 0. The fourth-order valence-electron chi connectivity index (χ4n) is 2.17. The maximum Gasteiger partial charge on any atom is 0.381 e. The average molecular weight is 297 g/mol. The Kier molecular flexibility index (Phi) is 4.27. The van der Waals surface area contributed by atoms with E-state index in [-0.39, 0.29) is 23.1 Å². The molecule has 2 heterocycles. The second-order valence-electron chi connectivity index (χ2n) is 4.31. The minimum Gasteiger partial charge on any atom is -0.488 e. The SMILES string of the molecule is COC(=O)c1cc(N2CC[C@@H](OC)C2=O)c(OC)c(=O)o1. The van der Waals surface area contributed by atoms with Crippen LogP contribution < -0.4 is 15.3 Å². The fraction of sp³-hybridized carbons (Fsp3) is 0.462. The van der Waals surface area contributed by atoms with Gasteiger partial charge < -0.3 is 23.5 Å². The van der Waals surface area contributed by atoms with Crippen LogP contribution >= 0.6 is 0 Å². The van der Waals surface area contributed by atoms with E-state index >= 15 is 0 Å². The molecule has 0 aromatic carbocycles. The van der Waals surface area contributed by atoms with E-state index in [0.717, 1.165) is 7.11 Å². The molecule has 1 aliphatic rings. The van der Waals surface area contributed by atoms with Crippen LogP contribution in [0.1, 0.15) is 17.0 Å². The zero-order chi connectivity index (χ0) is 15.6. The highest BCUT2D eigenvalue weighted by Gasteiger charge is 2.35. The molecule has 1 fully saturated rings. The van der Waals surface area contributed by atoms with E-state index in [2.05, 4.69) is 4.74 Å². The summed E-state index contributed by atoms with van der Waals surface area (Å²) in [6.45, 7) is 0.345. The predicted octanol–water partition coefficient (Wildman–Crippen LogP) is 0.187. The number of hydrogen-bond donors (Lipinski definition) is 0. The van der Waals surface area contributed by atoms with Crippen molar-refractivity contribution in [2.24, 2.45) is 0 Å². The van der Waals surface area contributed by atoms with E-state index in [1.807, 2.05) is 0 Å². The Balaban J connectivity index is 2.51. The third-order valence-corrected chi connectivity index (χ3v) is 3.21. The van der Waals surface area contributed by atoms with E-state index in [1.165, 1.54) is 25.2 Å². The predicted molar refractivity (Wildman–Crippen MR) is 70.6 cm³/mol. The quantitative estimate of drug-likeness (QED) is 0.732. The van der Waals surface area contributed by atoms with Crippen LogP contribution in [-0.2, 0) is 14.3 Å². The minimum atomic E-state index is -0.857. The number of amides is 1. The zero-order valence-corrected chi connectivity index (χ0v) is 11.9. The lowest BCUT2D eigenvalue weighted by atomic mass is 10.3. The van der Waals surface area contributed by atoms with Crippen LogP contribution in [0.5, 0.6) is 5.75 Å². The number of nitrogens with zero attached hydrogens (tertiary/aromatic N) is 1. The van der Waals surface area contributed by atoms with Gasteiger partial charge in [0, 0.05) is 26.1 Å². The van der Waals surface area contributed by atoms with Crippen LogP contribution in [0.3, 0.4) is 0 Å². The van der Waals surface area contributed by atoms with Gasteiger partial charge in [-0.05, 0) is 0 Å². The standard InChI is InChI=1S/C13H15NO7/c1-18-8-4-5-14(11(8)15)7-6-9(12(16)20-3)21-13(17)10(7)19-2/h6,8H,4-5H2,1-3H3/t8-/m1/s1. The fourth-order valence-corrected chi connectivity index (χ4v) is 2.17. The second-order valence-corrected chi connectivity index (χ2v) is 4.31. The highest BCUT2D eigenvalue weighted by atomic mass is 16.5. The van der Waals surface area contributed by atoms with Crippen molar-refractivity contribution in [1.29, 1.82) is 0 Å². The lowest BCUT2D eigenvalue weighted by molar-refractivity contribution is -0.125. The number of anilines is 1. The van der Waals surface area contributed by atoms with Gasteiger partial charge >= 0.3 is 11.6 Å². The molecule has 1 amide bonds. The molecule has 0 spiro atoms. The largest absolute Gasteiger partial charge is 0.488 e. The van der Waals surface area contributed by atoms with E-state index in [0.29, 0.717) is 13.0 Å². The smallest absolute Gasteiger partial charge is 0.381 e. The van der Waals surface area contributed by atoms with Gasteiger partial charge in [0.25, 0.3) is 5.91 Å². The highest BCUT2D eigenvalue weighted by molar-refractivity contribution is 6.00. The summed E-state index contributed by atoms with van der Waals surface area (Å²) in [6, 6.07) is 1.25. The first-order valence-electron chi connectivity index (χ1n) is 6.18. The van der Waals surface area contributed by atoms with Crippen LogP contribution in [0.25, 0.3) is 0 Å². The Bertz CT molecular complexity index is 621. The van der Waals surface area contributed by atoms with Crippen LogP contribution in [0.15, 0.2) is 15.3 Å².